The number of benzene rings is 2. The minimum atomic E-state index is -4.06. The molecule has 0 saturated carbocycles. The van der Waals surface area contributed by atoms with Gasteiger partial charge in [-0.1, -0.05) is 23.7 Å². The lowest BCUT2D eigenvalue weighted by atomic mass is 10.2. The maximum atomic E-state index is 12.8. The highest BCUT2D eigenvalue weighted by molar-refractivity contribution is 7.92. The van der Waals surface area contributed by atoms with Crippen LogP contribution in [-0.4, -0.2) is 31.2 Å². The number of methoxy groups -OCH3 is 1. The molecule has 8 nitrogen and oxygen atoms in total. The number of aryl methyl sites for hydroxylation is 1. The first kappa shape index (κ1) is 19.7. The number of hydrogen-bond donors (Lipinski definition) is 2. The molecule has 0 fully saturated rings. The van der Waals surface area contributed by atoms with Crippen molar-refractivity contribution >= 4 is 39.0 Å². The average Bonchev–Trinajstić information content (AvgIpc) is 3.06. The van der Waals surface area contributed by atoms with Crippen molar-refractivity contribution in [3.8, 4) is 5.75 Å². The second kappa shape index (κ2) is 7.91. The molecule has 0 aliphatic heterocycles. The minimum Gasteiger partial charge on any atom is -0.495 e. The molecule has 1 amide bonds. The summed E-state index contributed by atoms with van der Waals surface area (Å²) in [7, 11) is -0.915. The number of ether oxygens (including phenoxy) is 1. The summed E-state index contributed by atoms with van der Waals surface area (Å²) in [6.07, 6.45) is 1.67. The number of anilines is 2. The second-order valence-corrected chi connectivity index (χ2v) is 7.84. The van der Waals surface area contributed by atoms with Crippen LogP contribution in [0.3, 0.4) is 0 Å². The quantitative estimate of drug-likeness (QED) is 0.637. The fraction of sp³-hybridized carbons (Fsp3) is 0.111. The zero-order chi connectivity index (χ0) is 20.3. The number of hydrogen-bond acceptors (Lipinski definition) is 5. The van der Waals surface area contributed by atoms with Gasteiger partial charge in [-0.3, -0.25) is 14.2 Å². The predicted octanol–water partition coefficient (Wildman–Crippen LogP) is 3.14. The Morgan fingerprint density at radius 2 is 1.93 bits per heavy atom. The van der Waals surface area contributed by atoms with Crippen LogP contribution in [0.15, 0.2) is 59.6 Å². The molecule has 0 atom stereocenters. The van der Waals surface area contributed by atoms with Crippen molar-refractivity contribution in [3.05, 3.63) is 65.3 Å². The fourth-order valence-electron chi connectivity index (χ4n) is 2.45. The summed E-state index contributed by atoms with van der Waals surface area (Å²) in [6, 6.07) is 12.2. The first-order valence-corrected chi connectivity index (χ1v) is 9.92. The number of nitrogens with one attached hydrogen (secondary N) is 2. The lowest BCUT2D eigenvalue weighted by molar-refractivity contribution is 0.102. The van der Waals surface area contributed by atoms with E-state index in [1.54, 1.807) is 43.6 Å². The zero-order valence-corrected chi connectivity index (χ0v) is 16.6. The summed E-state index contributed by atoms with van der Waals surface area (Å²) in [6.45, 7) is 0. The van der Waals surface area contributed by atoms with E-state index in [0.717, 1.165) is 0 Å². The van der Waals surface area contributed by atoms with E-state index < -0.39 is 15.9 Å². The molecule has 0 unspecified atom stereocenters. The number of nitrogens with zero attached hydrogens (tertiary/aromatic N) is 2. The van der Waals surface area contributed by atoms with E-state index >= 15 is 0 Å². The monoisotopic (exact) mass is 420 g/mol. The summed E-state index contributed by atoms with van der Waals surface area (Å²) in [5.74, 6) is 0.189. The van der Waals surface area contributed by atoms with Gasteiger partial charge in [0, 0.05) is 24.9 Å². The third-order valence-electron chi connectivity index (χ3n) is 3.79. The van der Waals surface area contributed by atoms with Crippen LogP contribution >= 0.6 is 11.6 Å². The minimum absolute atomic E-state index is 0.0169. The van der Waals surface area contributed by atoms with Gasteiger partial charge in [-0.25, -0.2) is 8.42 Å². The van der Waals surface area contributed by atoms with Gasteiger partial charge in [0.05, 0.1) is 17.8 Å². The van der Waals surface area contributed by atoms with Crippen molar-refractivity contribution in [1.29, 1.82) is 0 Å². The highest BCUT2D eigenvalue weighted by atomic mass is 35.5. The standard InChI is InChI=1S/C18H17ClN4O4S/c1-23-10-9-17(21-23)20-18(24)12-7-8-13(19)16(11-12)28(25,26)22-14-5-3-4-6-15(14)27-2/h3-11,22H,1-2H3,(H,20,21,24). The van der Waals surface area contributed by atoms with Gasteiger partial charge in [0.2, 0.25) is 0 Å². The molecule has 10 heteroatoms. The molecule has 0 bridgehead atoms. The number of carbonyl (C=O) groups is 1. The molecule has 2 aromatic carbocycles. The molecule has 3 aromatic rings. The molecule has 3 rings (SSSR count). The van der Waals surface area contributed by atoms with E-state index in [0.29, 0.717) is 11.6 Å². The van der Waals surface area contributed by atoms with Crippen molar-refractivity contribution in [2.45, 2.75) is 4.90 Å². The fourth-order valence-corrected chi connectivity index (χ4v) is 4.05. The maximum Gasteiger partial charge on any atom is 0.263 e. The van der Waals surface area contributed by atoms with E-state index in [1.165, 1.54) is 30.0 Å². The second-order valence-electron chi connectivity index (χ2n) is 5.78. The van der Waals surface area contributed by atoms with E-state index in [9.17, 15) is 13.2 Å². The van der Waals surface area contributed by atoms with Crippen LogP contribution in [0, 0.1) is 0 Å². The van der Waals surface area contributed by atoms with Crippen molar-refractivity contribution in [3.63, 3.8) is 0 Å². The number of halogens is 1. The first-order chi connectivity index (χ1) is 13.3. The lowest BCUT2D eigenvalue weighted by Gasteiger charge is -2.13. The summed E-state index contributed by atoms with van der Waals surface area (Å²) in [4.78, 5) is 12.2. The van der Waals surface area contributed by atoms with E-state index in [2.05, 4.69) is 15.1 Å². The van der Waals surface area contributed by atoms with Crippen LogP contribution in [0.2, 0.25) is 5.02 Å². The van der Waals surface area contributed by atoms with Crippen LogP contribution in [0.25, 0.3) is 0 Å². The molecule has 2 N–H and O–H groups in total. The van der Waals surface area contributed by atoms with Gasteiger partial charge in [0.15, 0.2) is 5.82 Å². The molecule has 0 aliphatic carbocycles. The largest absolute Gasteiger partial charge is 0.495 e. The molecule has 1 aromatic heterocycles. The number of aromatic nitrogens is 2. The van der Waals surface area contributed by atoms with E-state index in [-0.39, 0.29) is 21.2 Å². The van der Waals surface area contributed by atoms with Crippen molar-refractivity contribution in [1.82, 2.24) is 9.78 Å². The van der Waals surface area contributed by atoms with Gasteiger partial charge in [-0.2, -0.15) is 5.10 Å². The van der Waals surface area contributed by atoms with Gasteiger partial charge in [0.1, 0.15) is 10.6 Å². The van der Waals surface area contributed by atoms with Crippen molar-refractivity contribution in [2.75, 3.05) is 17.1 Å². The maximum absolute atomic E-state index is 12.8. The van der Waals surface area contributed by atoms with E-state index in [1.807, 2.05) is 0 Å². The normalized spacial score (nSPS) is 11.1. The molecular weight excluding hydrogens is 404 g/mol. The first-order valence-electron chi connectivity index (χ1n) is 8.06. The van der Waals surface area contributed by atoms with Crippen LogP contribution in [0.1, 0.15) is 10.4 Å². The molecule has 0 spiro atoms. The van der Waals surface area contributed by atoms with Crippen LogP contribution < -0.4 is 14.8 Å². The third kappa shape index (κ3) is 4.26. The van der Waals surface area contributed by atoms with Crippen molar-refractivity contribution in [2.24, 2.45) is 7.05 Å². The Bertz CT molecular complexity index is 1130. The van der Waals surface area contributed by atoms with Gasteiger partial charge in [-0.05, 0) is 30.3 Å². The Kier molecular flexibility index (Phi) is 5.57. The Labute approximate surface area is 167 Å². The number of amides is 1. The Hall–Kier alpha value is -3.04. The number of rotatable bonds is 6. The number of carbonyl (C=O) groups excluding carboxylic acids is 1. The average molecular weight is 421 g/mol. The molecule has 1 heterocycles. The zero-order valence-electron chi connectivity index (χ0n) is 15.0. The Balaban J connectivity index is 1.90. The Morgan fingerprint density at radius 1 is 1.18 bits per heavy atom. The molecule has 0 radical (unpaired) electrons. The highest BCUT2D eigenvalue weighted by Gasteiger charge is 2.22. The summed E-state index contributed by atoms with van der Waals surface area (Å²) >= 11 is 6.09. The van der Waals surface area contributed by atoms with Crippen LogP contribution in [-0.2, 0) is 17.1 Å². The predicted molar refractivity (Wildman–Crippen MR) is 106 cm³/mol. The molecular formula is C18H17ClN4O4S. The van der Waals surface area contributed by atoms with Gasteiger partial charge in [-0.15, -0.1) is 0 Å². The van der Waals surface area contributed by atoms with Gasteiger partial charge < -0.3 is 10.1 Å². The molecule has 0 saturated heterocycles. The van der Waals surface area contributed by atoms with E-state index in [4.69, 9.17) is 16.3 Å². The van der Waals surface area contributed by atoms with Crippen LogP contribution in [0.5, 0.6) is 5.75 Å². The van der Waals surface area contributed by atoms with Gasteiger partial charge in [0.25, 0.3) is 15.9 Å². The Morgan fingerprint density at radius 3 is 2.61 bits per heavy atom. The SMILES string of the molecule is COc1ccccc1NS(=O)(=O)c1cc(C(=O)Nc2ccn(C)n2)ccc1Cl. The smallest absolute Gasteiger partial charge is 0.263 e. The van der Waals surface area contributed by atoms with Gasteiger partial charge >= 0.3 is 0 Å². The third-order valence-corrected chi connectivity index (χ3v) is 5.64. The molecule has 146 valence electrons. The summed E-state index contributed by atoms with van der Waals surface area (Å²) in [5, 5.41) is 6.63. The summed E-state index contributed by atoms with van der Waals surface area (Å²) < 4.78 is 34.8. The molecule has 0 aliphatic rings. The summed E-state index contributed by atoms with van der Waals surface area (Å²) in [5.41, 5.74) is 0.375. The topological polar surface area (TPSA) is 102 Å². The molecule has 28 heavy (non-hydrogen) atoms. The highest BCUT2D eigenvalue weighted by Crippen LogP contribution is 2.29. The lowest BCUT2D eigenvalue weighted by Crippen LogP contribution is -2.17. The number of sulfonamides is 1. The van der Waals surface area contributed by atoms with Crippen LogP contribution in [0.4, 0.5) is 11.5 Å². The number of para-hydroxylation sites is 2. The van der Waals surface area contributed by atoms with Crippen molar-refractivity contribution < 1.29 is 17.9 Å².